The van der Waals surface area contributed by atoms with Crippen LogP contribution in [0.25, 0.3) is 0 Å². The van der Waals surface area contributed by atoms with E-state index in [2.05, 4.69) is 10.6 Å². The summed E-state index contributed by atoms with van der Waals surface area (Å²) in [6.07, 6.45) is 0.308. The van der Waals surface area contributed by atoms with Gasteiger partial charge in [-0.25, -0.2) is 8.42 Å². The third-order valence-electron chi connectivity index (χ3n) is 4.45. The molecule has 29 heavy (non-hydrogen) atoms. The fourth-order valence-electron chi connectivity index (χ4n) is 3.00. The molecule has 160 valence electrons. The first-order valence-corrected chi connectivity index (χ1v) is 11.0. The lowest BCUT2D eigenvalue weighted by Crippen LogP contribution is -2.53. The van der Waals surface area contributed by atoms with E-state index >= 15 is 0 Å². The third-order valence-corrected chi connectivity index (χ3v) is 6.34. The summed E-state index contributed by atoms with van der Waals surface area (Å²) in [5.41, 5.74) is 0. The van der Waals surface area contributed by atoms with Crippen molar-refractivity contribution in [3.63, 3.8) is 0 Å². The number of rotatable bonds is 6. The minimum Gasteiger partial charge on any atom is -0.486 e. The molecule has 2 aliphatic heterocycles. The summed E-state index contributed by atoms with van der Waals surface area (Å²) in [6, 6.07) is 4.43. The molecule has 0 saturated carbocycles. The van der Waals surface area contributed by atoms with Gasteiger partial charge in [-0.15, -0.1) is 0 Å². The van der Waals surface area contributed by atoms with Gasteiger partial charge in [0.25, 0.3) is 0 Å². The van der Waals surface area contributed by atoms with Gasteiger partial charge in [-0.05, 0) is 25.0 Å². The summed E-state index contributed by atoms with van der Waals surface area (Å²) in [5.74, 6) is -0.729. The topological polar surface area (TPSA) is 123 Å². The number of hydrogen-bond acceptors (Lipinski definition) is 7. The van der Waals surface area contributed by atoms with Crippen molar-refractivity contribution >= 4 is 21.8 Å². The first kappa shape index (κ1) is 21.3. The summed E-state index contributed by atoms with van der Waals surface area (Å²) in [5, 5.41) is 4.90. The van der Waals surface area contributed by atoms with Gasteiger partial charge in [0.15, 0.2) is 11.5 Å². The fraction of sp³-hybridized carbons (Fsp3) is 0.556. The molecule has 10 nitrogen and oxygen atoms in total. The largest absolute Gasteiger partial charge is 0.486 e. The molecule has 0 aromatic heterocycles. The molecule has 1 fully saturated rings. The fourth-order valence-corrected chi connectivity index (χ4v) is 4.58. The first-order chi connectivity index (χ1) is 13.9. The van der Waals surface area contributed by atoms with Crippen molar-refractivity contribution in [2.75, 3.05) is 39.5 Å². The molecular weight excluding hydrogens is 402 g/mol. The van der Waals surface area contributed by atoms with Crippen molar-refractivity contribution in [1.82, 2.24) is 14.9 Å². The quantitative estimate of drug-likeness (QED) is 0.605. The monoisotopic (exact) mass is 427 g/mol. The molecule has 1 aromatic rings. The predicted octanol–water partition coefficient (Wildman–Crippen LogP) is -0.163. The highest BCUT2D eigenvalue weighted by molar-refractivity contribution is 7.89. The van der Waals surface area contributed by atoms with Crippen molar-refractivity contribution in [3.8, 4) is 11.5 Å². The Morgan fingerprint density at radius 3 is 2.59 bits per heavy atom. The zero-order chi connectivity index (χ0) is 20.9. The number of sulfonamides is 1. The number of carbonyl (C=O) groups excluding carboxylic acids is 2. The van der Waals surface area contributed by atoms with Crippen LogP contribution in [-0.2, 0) is 24.3 Å². The Balaban J connectivity index is 1.71. The molecule has 0 spiro atoms. The van der Waals surface area contributed by atoms with Gasteiger partial charge in [-0.2, -0.15) is 4.31 Å². The van der Waals surface area contributed by atoms with E-state index in [0.29, 0.717) is 50.7 Å². The highest BCUT2D eigenvalue weighted by Crippen LogP contribution is 2.34. The van der Waals surface area contributed by atoms with Gasteiger partial charge in [0.2, 0.25) is 10.0 Å². The van der Waals surface area contributed by atoms with Gasteiger partial charge < -0.3 is 24.8 Å². The number of ether oxygens (including phenoxy) is 3. The average molecular weight is 427 g/mol. The standard InChI is InChI=1S/C18H25N3O7S/c1-2-6-19-17(22)18(23)20-12-16-21(7-3-8-28-16)29(24,25)13-4-5-14-15(11-13)27-10-9-26-14/h4-5,11,16H,2-3,6-10,12H2,1H3,(H,19,22)(H,20,23). The Bertz CT molecular complexity index is 859. The van der Waals surface area contributed by atoms with Crippen molar-refractivity contribution in [2.45, 2.75) is 30.9 Å². The lowest BCUT2D eigenvalue weighted by molar-refractivity contribution is -0.140. The molecule has 2 amide bonds. The molecule has 1 atom stereocenters. The minimum absolute atomic E-state index is 0.0456. The van der Waals surface area contributed by atoms with Crippen molar-refractivity contribution < 1.29 is 32.2 Å². The molecule has 1 saturated heterocycles. The first-order valence-electron chi connectivity index (χ1n) is 9.52. The summed E-state index contributed by atoms with van der Waals surface area (Å²) in [7, 11) is -3.91. The molecule has 2 heterocycles. The normalized spacial score (nSPS) is 19.4. The Kier molecular flexibility index (Phi) is 6.93. The summed E-state index contributed by atoms with van der Waals surface area (Å²) < 4.78 is 44.0. The van der Waals surface area contributed by atoms with E-state index in [9.17, 15) is 18.0 Å². The van der Waals surface area contributed by atoms with E-state index in [0.717, 1.165) is 0 Å². The third kappa shape index (κ3) is 4.98. The lowest BCUT2D eigenvalue weighted by atomic mass is 10.3. The Labute approximate surface area is 169 Å². The van der Waals surface area contributed by atoms with Crippen molar-refractivity contribution in [2.24, 2.45) is 0 Å². The van der Waals surface area contributed by atoms with E-state index in [-0.39, 0.29) is 18.0 Å². The van der Waals surface area contributed by atoms with Crippen LogP contribution in [-0.4, -0.2) is 70.2 Å². The van der Waals surface area contributed by atoms with Crippen LogP contribution >= 0.6 is 0 Å². The maximum Gasteiger partial charge on any atom is 0.309 e. The molecule has 1 aromatic carbocycles. The maximum atomic E-state index is 13.2. The van der Waals surface area contributed by atoms with Crippen LogP contribution in [0.2, 0.25) is 0 Å². The van der Waals surface area contributed by atoms with Crippen LogP contribution < -0.4 is 20.1 Å². The second-order valence-corrected chi connectivity index (χ2v) is 8.46. The smallest absolute Gasteiger partial charge is 0.309 e. The van der Waals surface area contributed by atoms with Gasteiger partial charge in [-0.3, -0.25) is 9.59 Å². The van der Waals surface area contributed by atoms with Crippen molar-refractivity contribution in [3.05, 3.63) is 18.2 Å². The Hall–Kier alpha value is -2.37. The number of fused-ring (bicyclic) bond motifs is 1. The molecule has 11 heteroatoms. The zero-order valence-corrected chi connectivity index (χ0v) is 17.0. The summed E-state index contributed by atoms with van der Waals surface area (Å²) in [6.45, 7) is 3.47. The zero-order valence-electron chi connectivity index (χ0n) is 16.2. The lowest BCUT2D eigenvalue weighted by Gasteiger charge is -2.34. The van der Waals surface area contributed by atoms with Crippen LogP contribution in [0.3, 0.4) is 0 Å². The molecule has 2 N–H and O–H groups in total. The molecule has 1 unspecified atom stereocenters. The summed E-state index contributed by atoms with van der Waals surface area (Å²) in [4.78, 5) is 23.6. The summed E-state index contributed by atoms with van der Waals surface area (Å²) >= 11 is 0. The number of nitrogens with zero attached hydrogens (tertiary/aromatic N) is 1. The molecule has 3 rings (SSSR count). The highest BCUT2D eigenvalue weighted by Gasteiger charge is 2.35. The van der Waals surface area contributed by atoms with Gasteiger partial charge in [0, 0.05) is 19.2 Å². The number of benzene rings is 1. The van der Waals surface area contributed by atoms with Crippen LogP contribution in [0.1, 0.15) is 19.8 Å². The molecule has 0 bridgehead atoms. The van der Waals surface area contributed by atoms with Crippen LogP contribution in [0.15, 0.2) is 23.1 Å². The molecule has 0 aliphatic carbocycles. The molecule has 2 aliphatic rings. The van der Waals surface area contributed by atoms with Gasteiger partial charge in [0.05, 0.1) is 18.0 Å². The van der Waals surface area contributed by atoms with Gasteiger partial charge >= 0.3 is 11.8 Å². The van der Waals surface area contributed by atoms with E-state index < -0.39 is 28.1 Å². The predicted molar refractivity (Wildman–Crippen MR) is 102 cm³/mol. The highest BCUT2D eigenvalue weighted by atomic mass is 32.2. The van der Waals surface area contributed by atoms with E-state index in [1.54, 1.807) is 6.07 Å². The van der Waals surface area contributed by atoms with Gasteiger partial charge in [-0.1, -0.05) is 6.92 Å². The number of carbonyl (C=O) groups is 2. The maximum absolute atomic E-state index is 13.2. The van der Waals surface area contributed by atoms with Crippen molar-refractivity contribution in [1.29, 1.82) is 0 Å². The van der Waals surface area contributed by atoms with E-state index in [4.69, 9.17) is 14.2 Å². The number of nitrogens with one attached hydrogen (secondary N) is 2. The SMILES string of the molecule is CCCNC(=O)C(=O)NCC1OCCCN1S(=O)(=O)c1ccc2c(c1)OCCO2. The van der Waals surface area contributed by atoms with Crippen LogP contribution in [0.4, 0.5) is 0 Å². The number of amides is 2. The molecule has 0 radical (unpaired) electrons. The second kappa shape index (κ2) is 9.42. The number of hydrogen-bond donors (Lipinski definition) is 2. The second-order valence-electron chi connectivity index (χ2n) is 6.57. The van der Waals surface area contributed by atoms with Crippen LogP contribution in [0, 0.1) is 0 Å². The average Bonchev–Trinajstić information content (AvgIpc) is 2.75. The van der Waals surface area contributed by atoms with E-state index in [1.165, 1.54) is 16.4 Å². The van der Waals surface area contributed by atoms with Crippen LogP contribution in [0.5, 0.6) is 11.5 Å². The Morgan fingerprint density at radius 2 is 1.83 bits per heavy atom. The molecular formula is C18H25N3O7S. The minimum atomic E-state index is -3.91. The van der Waals surface area contributed by atoms with Gasteiger partial charge in [0.1, 0.15) is 19.4 Å². The van der Waals surface area contributed by atoms with E-state index in [1.807, 2.05) is 6.92 Å². The Morgan fingerprint density at radius 1 is 1.10 bits per heavy atom.